The van der Waals surface area contributed by atoms with Crippen LogP contribution in [0.1, 0.15) is 24.5 Å². The van der Waals surface area contributed by atoms with E-state index >= 15 is 0 Å². The monoisotopic (exact) mass is 369 g/mol. The number of hydrogen-bond donors (Lipinski definition) is 0. The van der Waals surface area contributed by atoms with Crippen LogP contribution in [0.5, 0.6) is 0 Å². The van der Waals surface area contributed by atoms with Crippen molar-refractivity contribution in [1.82, 2.24) is 0 Å². The molecule has 0 N–H and O–H groups in total. The van der Waals surface area contributed by atoms with E-state index in [4.69, 9.17) is 4.74 Å². The van der Waals surface area contributed by atoms with E-state index in [1.807, 2.05) is 30.3 Å². The lowest BCUT2D eigenvalue weighted by Crippen LogP contribution is -2.35. The number of non-ortho nitro benzene ring substituents is 2. The number of esters is 1. The molecule has 9 heteroatoms. The third-order valence-electron chi connectivity index (χ3n) is 4.38. The predicted molar refractivity (Wildman–Crippen MR) is 95.5 cm³/mol. The SMILES string of the molecule is CCC1(Cc2ccccc2)N=C(c2cc([N+](=O)[O-])cc([N+](=O)[O-])c2)OC1=O. The van der Waals surface area contributed by atoms with Crippen LogP contribution in [0.15, 0.2) is 53.5 Å². The summed E-state index contributed by atoms with van der Waals surface area (Å²) in [5, 5.41) is 22.1. The highest BCUT2D eigenvalue weighted by molar-refractivity contribution is 6.08. The van der Waals surface area contributed by atoms with E-state index in [-0.39, 0.29) is 11.5 Å². The zero-order chi connectivity index (χ0) is 19.6. The average Bonchev–Trinajstić information content (AvgIpc) is 2.99. The van der Waals surface area contributed by atoms with E-state index < -0.39 is 32.7 Å². The number of nitro benzene ring substituents is 2. The molecule has 0 amide bonds. The number of hydrogen-bond acceptors (Lipinski definition) is 7. The highest BCUT2D eigenvalue weighted by Crippen LogP contribution is 2.32. The van der Waals surface area contributed by atoms with Gasteiger partial charge < -0.3 is 4.74 Å². The minimum Gasteiger partial charge on any atom is -0.405 e. The fraction of sp³-hybridized carbons (Fsp3) is 0.222. The Labute approximate surface area is 153 Å². The van der Waals surface area contributed by atoms with Crippen LogP contribution in [0.3, 0.4) is 0 Å². The zero-order valence-corrected chi connectivity index (χ0v) is 14.3. The van der Waals surface area contributed by atoms with Crippen LogP contribution in [-0.4, -0.2) is 27.3 Å². The number of rotatable bonds is 6. The Morgan fingerprint density at radius 2 is 1.63 bits per heavy atom. The van der Waals surface area contributed by atoms with Gasteiger partial charge in [0.25, 0.3) is 11.4 Å². The van der Waals surface area contributed by atoms with E-state index in [1.165, 1.54) is 0 Å². The van der Waals surface area contributed by atoms with Gasteiger partial charge in [0.05, 0.1) is 21.5 Å². The summed E-state index contributed by atoms with van der Waals surface area (Å²) >= 11 is 0. The van der Waals surface area contributed by atoms with E-state index in [2.05, 4.69) is 4.99 Å². The Bertz CT molecular complexity index is 925. The standard InChI is InChI=1S/C18H15N3O6/c1-2-18(11-12-6-4-3-5-7-12)17(22)27-16(19-18)13-8-14(20(23)24)10-15(9-13)21(25)26/h3-10H,2,11H2,1H3. The van der Waals surface area contributed by atoms with E-state index in [0.717, 1.165) is 23.8 Å². The van der Waals surface area contributed by atoms with Crippen molar-refractivity contribution in [3.05, 3.63) is 79.9 Å². The molecule has 9 nitrogen and oxygen atoms in total. The molecule has 2 aromatic rings. The van der Waals surface area contributed by atoms with Crippen molar-refractivity contribution in [2.24, 2.45) is 4.99 Å². The highest BCUT2D eigenvalue weighted by Gasteiger charge is 2.45. The first-order valence-corrected chi connectivity index (χ1v) is 8.15. The smallest absolute Gasteiger partial charge is 0.341 e. The van der Waals surface area contributed by atoms with Crippen LogP contribution in [0.25, 0.3) is 0 Å². The normalized spacial score (nSPS) is 18.7. The van der Waals surface area contributed by atoms with Crippen LogP contribution in [-0.2, 0) is 16.0 Å². The van der Waals surface area contributed by atoms with E-state index in [1.54, 1.807) is 6.92 Å². The van der Waals surface area contributed by atoms with Crippen LogP contribution in [0, 0.1) is 20.2 Å². The molecule has 1 unspecified atom stereocenters. The molecule has 3 rings (SSSR count). The molecule has 0 saturated heterocycles. The van der Waals surface area contributed by atoms with Crippen LogP contribution < -0.4 is 0 Å². The second-order valence-electron chi connectivity index (χ2n) is 6.11. The quantitative estimate of drug-likeness (QED) is 0.437. The highest BCUT2D eigenvalue weighted by atomic mass is 16.6. The van der Waals surface area contributed by atoms with Gasteiger partial charge >= 0.3 is 5.97 Å². The van der Waals surface area contributed by atoms with E-state index in [9.17, 15) is 25.0 Å². The number of benzene rings is 2. The van der Waals surface area contributed by atoms with Gasteiger partial charge in [-0.15, -0.1) is 0 Å². The number of carbonyl (C=O) groups is 1. The molecular weight excluding hydrogens is 354 g/mol. The van der Waals surface area contributed by atoms with Gasteiger partial charge in [0, 0.05) is 18.6 Å². The summed E-state index contributed by atoms with van der Waals surface area (Å²) in [7, 11) is 0. The molecule has 0 radical (unpaired) electrons. The Balaban J connectivity index is 2.04. The maximum absolute atomic E-state index is 12.5. The number of cyclic esters (lactones) is 1. The van der Waals surface area contributed by atoms with E-state index in [0.29, 0.717) is 12.8 Å². The second-order valence-corrected chi connectivity index (χ2v) is 6.11. The molecule has 0 bridgehead atoms. The Kier molecular flexibility index (Phi) is 4.68. The summed E-state index contributed by atoms with van der Waals surface area (Å²) < 4.78 is 5.26. The van der Waals surface area contributed by atoms with Gasteiger partial charge in [-0.3, -0.25) is 20.2 Å². The van der Waals surface area contributed by atoms with Gasteiger partial charge in [0.15, 0.2) is 5.54 Å². The molecule has 1 aliphatic heterocycles. The molecule has 1 aliphatic rings. The van der Waals surface area contributed by atoms with Gasteiger partial charge in [-0.2, -0.15) is 0 Å². The summed E-state index contributed by atoms with van der Waals surface area (Å²) in [6.45, 7) is 1.78. The molecule has 2 aromatic carbocycles. The topological polar surface area (TPSA) is 125 Å². The predicted octanol–water partition coefficient (Wildman–Crippen LogP) is 3.20. The Morgan fingerprint density at radius 1 is 1.04 bits per heavy atom. The number of ether oxygens (including phenoxy) is 1. The largest absolute Gasteiger partial charge is 0.405 e. The van der Waals surface area contributed by atoms with Gasteiger partial charge in [-0.05, 0) is 12.0 Å². The zero-order valence-electron chi connectivity index (χ0n) is 14.3. The van der Waals surface area contributed by atoms with Crippen LogP contribution >= 0.6 is 0 Å². The molecule has 0 fully saturated rings. The fourth-order valence-corrected chi connectivity index (χ4v) is 2.89. The maximum Gasteiger partial charge on any atom is 0.341 e. The molecule has 1 heterocycles. The molecule has 0 aliphatic carbocycles. The van der Waals surface area contributed by atoms with Crippen molar-refractivity contribution in [2.45, 2.75) is 25.3 Å². The lowest BCUT2D eigenvalue weighted by Gasteiger charge is -2.19. The minimum absolute atomic E-state index is 0.0210. The van der Waals surface area contributed by atoms with Gasteiger partial charge in [0.1, 0.15) is 0 Å². The first kappa shape index (κ1) is 18.2. The third kappa shape index (κ3) is 3.52. The fourth-order valence-electron chi connectivity index (χ4n) is 2.89. The first-order chi connectivity index (χ1) is 12.8. The van der Waals surface area contributed by atoms with Gasteiger partial charge in [0.2, 0.25) is 5.90 Å². The van der Waals surface area contributed by atoms with Crippen molar-refractivity contribution in [3.63, 3.8) is 0 Å². The van der Waals surface area contributed by atoms with Crippen molar-refractivity contribution in [1.29, 1.82) is 0 Å². The lowest BCUT2D eigenvalue weighted by molar-refractivity contribution is -0.394. The maximum atomic E-state index is 12.5. The summed E-state index contributed by atoms with van der Waals surface area (Å²) in [4.78, 5) is 37.6. The average molecular weight is 369 g/mol. The summed E-state index contributed by atoms with van der Waals surface area (Å²) in [6, 6.07) is 12.3. The number of nitro groups is 2. The van der Waals surface area contributed by atoms with Gasteiger partial charge in [-0.1, -0.05) is 37.3 Å². The summed E-state index contributed by atoms with van der Waals surface area (Å²) in [6.07, 6.45) is 0.644. The van der Waals surface area contributed by atoms with Crippen molar-refractivity contribution in [3.8, 4) is 0 Å². The van der Waals surface area contributed by atoms with Crippen molar-refractivity contribution >= 4 is 23.2 Å². The first-order valence-electron chi connectivity index (χ1n) is 8.15. The third-order valence-corrected chi connectivity index (χ3v) is 4.38. The molecule has 138 valence electrons. The lowest BCUT2D eigenvalue weighted by atomic mass is 9.89. The number of aliphatic imine (C=N–C) groups is 1. The Hall–Kier alpha value is -3.62. The molecule has 0 spiro atoms. The Morgan fingerprint density at radius 3 is 2.15 bits per heavy atom. The van der Waals surface area contributed by atoms with Crippen molar-refractivity contribution < 1.29 is 19.4 Å². The molecule has 0 aromatic heterocycles. The van der Waals surface area contributed by atoms with Crippen LogP contribution in [0.4, 0.5) is 11.4 Å². The molecular formula is C18H15N3O6. The number of nitrogens with zero attached hydrogens (tertiary/aromatic N) is 3. The molecule has 0 saturated carbocycles. The summed E-state index contributed by atoms with van der Waals surface area (Å²) in [5.41, 5.74) is -1.22. The molecule has 1 atom stereocenters. The second kappa shape index (κ2) is 6.94. The summed E-state index contributed by atoms with van der Waals surface area (Å²) in [5.74, 6) is -0.734. The minimum atomic E-state index is -1.17. The van der Waals surface area contributed by atoms with Gasteiger partial charge in [-0.25, -0.2) is 9.79 Å². The number of carbonyl (C=O) groups excluding carboxylic acids is 1. The van der Waals surface area contributed by atoms with Crippen molar-refractivity contribution in [2.75, 3.05) is 0 Å². The molecule has 27 heavy (non-hydrogen) atoms. The van der Waals surface area contributed by atoms with Crippen LogP contribution in [0.2, 0.25) is 0 Å².